The zero-order valence-corrected chi connectivity index (χ0v) is 16.5. The molecular formula is C16H28IN5O. The van der Waals surface area contributed by atoms with E-state index in [4.69, 9.17) is 4.74 Å². The summed E-state index contributed by atoms with van der Waals surface area (Å²) in [6, 6.07) is 6.81. The van der Waals surface area contributed by atoms with Gasteiger partial charge in [-0.2, -0.15) is 0 Å². The van der Waals surface area contributed by atoms with Crippen molar-refractivity contribution in [2.75, 3.05) is 33.4 Å². The van der Waals surface area contributed by atoms with Crippen LogP contribution in [0.1, 0.15) is 19.5 Å². The molecule has 1 aromatic heterocycles. The first-order valence-electron chi connectivity index (χ1n) is 7.88. The number of hydrogen-bond acceptors (Lipinski definition) is 4. The number of nitrogens with zero attached hydrogens (tertiary/aromatic N) is 3. The third-order valence-electron chi connectivity index (χ3n) is 3.94. The number of rotatable bonds is 5. The summed E-state index contributed by atoms with van der Waals surface area (Å²) in [5, 5.41) is 6.67. The van der Waals surface area contributed by atoms with Crippen LogP contribution in [0.5, 0.6) is 0 Å². The van der Waals surface area contributed by atoms with E-state index in [0.717, 1.165) is 38.0 Å². The quantitative estimate of drug-likeness (QED) is 0.419. The SMILES string of the molecule is CN=C(NCc1ccccn1)NCC(C)N1CCOCC1C.I. The lowest BCUT2D eigenvalue weighted by Crippen LogP contribution is -2.53. The molecule has 2 unspecified atom stereocenters. The standard InChI is InChI=1S/C16H27N5O.HI/c1-13(21-8-9-22-12-14(21)2)10-19-16(17-3)20-11-15-6-4-5-7-18-15;/h4-7,13-14H,8-12H2,1-3H3,(H2,17,19,20);1H. The summed E-state index contributed by atoms with van der Waals surface area (Å²) >= 11 is 0. The Balaban J connectivity index is 0.00000264. The van der Waals surface area contributed by atoms with Crippen molar-refractivity contribution in [3.8, 4) is 0 Å². The number of pyridine rings is 1. The van der Waals surface area contributed by atoms with E-state index in [1.165, 1.54) is 0 Å². The number of halogens is 1. The second-order valence-electron chi connectivity index (χ2n) is 5.64. The summed E-state index contributed by atoms with van der Waals surface area (Å²) in [6.07, 6.45) is 1.80. The molecule has 0 aliphatic carbocycles. The van der Waals surface area contributed by atoms with E-state index in [9.17, 15) is 0 Å². The highest BCUT2D eigenvalue weighted by Gasteiger charge is 2.23. The molecule has 0 amide bonds. The summed E-state index contributed by atoms with van der Waals surface area (Å²) in [5.74, 6) is 0.804. The molecule has 1 aliphatic rings. The van der Waals surface area contributed by atoms with Gasteiger partial charge in [-0.3, -0.25) is 14.9 Å². The molecule has 2 heterocycles. The zero-order valence-electron chi connectivity index (χ0n) is 14.2. The number of morpholine rings is 1. The van der Waals surface area contributed by atoms with Gasteiger partial charge in [0.05, 0.1) is 25.5 Å². The van der Waals surface area contributed by atoms with Gasteiger partial charge in [-0.15, -0.1) is 24.0 Å². The molecule has 2 rings (SSSR count). The molecule has 1 aliphatic heterocycles. The molecule has 0 aromatic carbocycles. The smallest absolute Gasteiger partial charge is 0.191 e. The van der Waals surface area contributed by atoms with Crippen molar-refractivity contribution in [2.24, 2.45) is 4.99 Å². The predicted octanol–water partition coefficient (Wildman–Crippen LogP) is 1.47. The van der Waals surface area contributed by atoms with Crippen molar-refractivity contribution in [1.29, 1.82) is 0 Å². The van der Waals surface area contributed by atoms with Gasteiger partial charge in [-0.25, -0.2) is 0 Å². The fraction of sp³-hybridized carbons (Fsp3) is 0.625. The number of ether oxygens (including phenoxy) is 1. The number of aromatic nitrogens is 1. The average Bonchev–Trinajstić information content (AvgIpc) is 2.56. The minimum Gasteiger partial charge on any atom is -0.379 e. The van der Waals surface area contributed by atoms with Gasteiger partial charge in [0.15, 0.2) is 5.96 Å². The molecule has 0 spiro atoms. The lowest BCUT2D eigenvalue weighted by molar-refractivity contribution is -0.0174. The first kappa shape index (κ1) is 20.1. The Morgan fingerprint density at radius 3 is 2.96 bits per heavy atom. The van der Waals surface area contributed by atoms with Crippen LogP contribution >= 0.6 is 24.0 Å². The van der Waals surface area contributed by atoms with Gasteiger partial charge in [-0.1, -0.05) is 6.07 Å². The lowest BCUT2D eigenvalue weighted by atomic mass is 10.2. The van der Waals surface area contributed by atoms with Crippen LogP contribution in [-0.2, 0) is 11.3 Å². The highest BCUT2D eigenvalue weighted by atomic mass is 127. The first-order chi connectivity index (χ1) is 10.7. The molecule has 6 nitrogen and oxygen atoms in total. The molecule has 0 radical (unpaired) electrons. The second kappa shape index (κ2) is 10.8. The second-order valence-corrected chi connectivity index (χ2v) is 5.64. The van der Waals surface area contributed by atoms with E-state index in [1.54, 1.807) is 13.2 Å². The minimum absolute atomic E-state index is 0. The van der Waals surface area contributed by atoms with Crippen molar-refractivity contribution >= 4 is 29.9 Å². The maximum Gasteiger partial charge on any atom is 0.191 e. The Labute approximate surface area is 156 Å². The van der Waals surface area contributed by atoms with Crippen LogP contribution in [0.4, 0.5) is 0 Å². The molecular weight excluding hydrogens is 405 g/mol. The fourth-order valence-corrected chi connectivity index (χ4v) is 2.65. The van der Waals surface area contributed by atoms with Crippen LogP contribution in [0.2, 0.25) is 0 Å². The van der Waals surface area contributed by atoms with E-state index in [1.807, 2.05) is 18.2 Å². The molecule has 130 valence electrons. The van der Waals surface area contributed by atoms with Crippen molar-refractivity contribution in [3.05, 3.63) is 30.1 Å². The number of hydrogen-bond donors (Lipinski definition) is 2. The van der Waals surface area contributed by atoms with Crippen molar-refractivity contribution < 1.29 is 4.74 Å². The van der Waals surface area contributed by atoms with Crippen LogP contribution in [-0.4, -0.2) is 61.3 Å². The number of nitrogens with one attached hydrogen (secondary N) is 2. The van der Waals surface area contributed by atoms with Gasteiger partial charge in [0.1, 0.15) is 0 Å². The molecule has 1 fully saturated rings. The molecule has 23 heavy (non-hydrogen) atoms. The average molecular weight is 433 g/mol. The Hall–Kier alpha value is -0.930. The monoisotopic (exact) mass is 433 g/mol. The summed E-state index contributed by atoms with van der Waals surface area (Å²) in [6.45, 7) is 8.60. The van der Waals surface area contributed by atoms with Crippen LogP contribution in [0.3, 0.4) is 0 Å². The zero-order chi connectivity index (χ0) is 15.8. The third-order valence-corrected chi connectivity index (χ3v) is 3.94. The summed E-state index contributed by atoms with van der Waals surface area (Å²) in [4.78, 5) is 11.0. The van der Waals surface area contributed by atoms with E-state index in [0.29, 0.717) is 18.6 Å². The van der Waals surface area contributed by atoms with Crippen molar-refractivity contribution in [2.45, 2.75) is 32.5 Å². The van der Waals surface area contributed by atoms with E-state index >= 15 is 0 Å². The molecule has 0 bridgehead atoms. The summed E-state index contributed by atoms with van der Waals surface area (Å²) < 4.78 is 5.49. The van der Waals surface area contributed by atoms with Gasteiger partial charge >= 0.3 is 0 Å². The van der Waals surface area contributed by atoms with Crippen LogP contribution in [0.25, 0.3) is 0 Å². The minimum atomic E-state index is 0. The number of aliphatic imine (C=N–C) groups is 1. The molecule has 1 saturated heterocycles. The largest absolute Gasteiger partial charge is 0.379 e. The molecule has 7 heteroatoms. The van der Waals surface area contributed by atoms with Gasteiger partial charge in [0, 0.05) is 38.4 Å². The molecule has 0 saturated carbocycles. The summed E-state index contributed by atoms with van der Waals surface area (Å²) in [5.41, 5.74) is 1.00. The maximum atomic E-state index is 5.49. The Bertz CT molecular complexity index is 471. The van der Waals surface area contributed by atoms with E-state index in [-0.39, 0.29) is 24.0 Å². The lowest BCUT2D eigenvalue weighted by Gasteiger charge is -2.38. The van der Waals surface area contributed by atoms with Gasteiger partial charge < -0.3 is 15.4 Å². The van der Waals surface area contributed by atoms with E-state index in [2.05, 4.69) is 39.4 Å². The fourth-order valence-electron chi connectivity index (χ4n) is 2.65. The molecule has 1 aromatic rings. The van der Waals surface area contributed by atoms with E-state index < -0.39 is 0 Å². The molecule has 2 N–H and O–H groups in total. The Morgan fingerprint density at radius 2 is 2.30 bits per heavy atom. The first-order valence-corrected chi connectivity index (χ1v) is 7.88. The normalized spacial score (nSPS) is 20.5. The third kappa shape index (κ3) is 6.60. The van der Waals surface area contributed by atoms with Gasteiger partial charge in [0.25, 0.3) is 0 Å². The highest BCUT2D eigenvalue weighted by molar-refractivity contribution is 14.0. The van der Waals surface area contributed by atoms with Gasteiger partial charge in [0.2, 0.25) is 0 Å². The van der Waals surface area contributed by atoms with Crippen LogP contribution < -0.4 is 10.6 Å². The maximum absolute atomic E-state index is 5.49. The van der Waals surface area contributed by atoms with Crippen molar-refractivity contribution in [1.82, 2.24) is 20.5 Å². The Kier molecular flexibility index (Phi) is 9.42. The Morgan fingerprint density at radius 1 is 1.48 bits per heavy atom. The number of guanidine groups is 1. The molecule has 2 atom stereocenters. The van der Waals surface area contributed by atoms with Crippen LogP contribution in [0, 0.1) is 0 Å². The van der Waals surface area contributed by atoms with Crippen LogP contribution in [0.15, 0.2) is 29.4 Å². The summed E-state index contributed by atoms with van der Waals surface area (Å²) in [7, 11) is 1.79. The topological polar surface area (TPSA) is 61.8 Å². The highest BCUT2D eigenvalue weighted by Crippen LogP contribution is 2.09. The van der Waals surface area contributed by atoms with Gasteiger partial charge in [-0.05, 0) is 26.0 Å². The van der Waals surface area contributed by atoms with Crippen molar-refractivity contribution in [3.63, 3.8) is 0 Å². The predicted molar refractivity (Wildman–Crippen MR) is 104 cm³/mol.